The number of rotatable bonds is 6. The lowest BCUT2D eigenvalue weighted by molar-refractivity contribution is 0.565. The van der Waals surface area contributed by atoms with Gasteiger partial charge in [-0.05, 0) is 24.0 Å². The Bertz CT molecular complexity index is 483. The van der Waals surface area contributed by atoms with Crippen molar-refractivity contribution in [2.45, 2.75) is 32.0 Å². The molecule has 1 fully saturated rings. The average Bonchev–Trinajstić information content (AvgIpc) is 3.10. The van der Waals surface area contributed by atoms with Crippen LogP contribution < -0.4 is 15.2 Å². The Kier molecular flexibility index (Phi) is 3.78. The van der Waals surface area contributed by atoms with E-state index in [1.165, 1.54) is 0 Å². The van der Waals surface area contributed by atoms with Crippen LogP contribution in [0.4, 0.5) is 0 Å². The van der Waals surface area contributed by atoms with Crippen molar-refractivity contribution in [2.24, 2.45) is 5.73 Å². The SMILES string of the molecule is NCc1cccc(CNS(=O)(=O)NC2CC2)c1. The van der Waals surface area contributed by atoms with Crippen molar-refractivity contribution in [2.75, 3.05) is 0 Å². The number of hydrogen-bond donors (Lipinski definition) is 3. The van der Waals surface area contributed by atoms with Crippen molar-refractivity contribution in [1.29, 1.82) is 0 Å². The topological polar surface area (TPSA) is 84.2 Å². The number of nitrogens with one attached hydrogen (secondary N) is 2. The lowest BCUT2D eigenvalue weighted by Gasteiger charge is -2.08. The van der Waals surface area contributed by atoms with Crippen molar-refractivity contribution in [3.63, 3.8) is 0 Å². The minimum Gasteiger partial charge on any atom is -0.326 e. The van der Waals surface area contributed by atoms with Gasteiger partial charge in [-0.15, -0.1) is 0 Å². The first-order valence-corrected chi connectivity index (χ1v) is 7.12. The third kappa shape index (κ3) is 4.08. The van der Waals surface area contributed by atoms with Crippen molar-refractivity contribution >= 4 is 10.2 Å². The van der Waals surface area contributed by atoms with Gasteiger partial charge in [-0.3, -0.25) is 0 Å². The quantitative estimate of drug-likeness (QED) is 0.680. The van der Waals surface area contributed by atoms with E-state index < -0.39 is 10.2 Å². The summed E-state index contributed by atoms with van der Waals surface area (Å²) in [6.45, 7) is 0.747. The molecule has 0 heterocycles. The van der Waals surface area contributed by atoms with Gasteiger partial charge in [-0.2, -0.15) is 17.9 Å². The highest BCUT2D eigenvalue weighted by atomic mass is 32.2. The molecule has 0 amide bonds. The number of nitrogens with two attached hydrogens (primary N) is 1. The van der Waals surface area contributed by atoms with E-state index in [9.17, 15) is 8.42 Å². The van der Waals surface area contributed by atoms with E-state index in [4.69, 9.17) is 5.73 Å². The number of hydrogen-bond acceptors (Lipinski definition) is 3. The van der Waals surface area contributed by atoms with Crippen LogP contribution in [0.1, 0.15) is 24.0 Å². The lowest BCUT2D eigenvalue weighted by Crippen LogP contribution is -2.37. The minimum absolute atomic E-state index is 0.128. The molecule has 4 N–H and O–H groups in total. The Morgan fingerprint density at radius 2 is 2.00 bits per heavy atom. The van der Waals surface area contributed by atoms with Crippen LogP contribution in [0.15, 0.2) is 24.3 Å². The van der Waals surface area contributed by atoms with Gasteiger partial charge < -0.3 is 5.73 Å². The number of benzene rings is 1. The molecule has 1 aliphatic carbocycles. The zero-order chi connectivity index (χ0) is 12.3. The predicted octanol–water partition coefficient (Wildman–Crippen LogP) is 0.232. The zero-order valence-electron chi connectivity index (χ0n) is 9.52. The fourth-order valence-corrected chi connectivity index (χ4v) is 2.62. The molecule has 1 saturated carbocycles. The van der Waals surface area contributed by atoms with E-state index in [1.807, 2.05) is 24.3 Å². The van der Waals surface area contributed by atoms with E-state index >= 15 is 0 Å². The standard InChI is InChI=1S/C11H17N3O2S/c12-7-9-2-1-3-10(6-9)8-13-17(15,16)14-11-4-5-11/h1-3,6,11,13-14H,4-5,7-8,12H2. The second-order valence-corrected chi connectivity index (χ2v) is 5.77. The molecular formula is C11H17N3O2S. The molecule has 0 radical (unpaired) electrons. The molecule has 0 unspecified atom stereocenters. The van der Waals surface area contributed by atoms with Gasteiger partial charge in [0.25, 0.3) is 10.2 Å². The van der Waals surface area contributed by atoms with Crippen molar-refractivity contribution < 1.29 is 8.42 Å². The van der Waals surface area contributed by atoms with Crippen LogP contribution in [0.3, 0.4) is 0 Å². The van der Waals surface area contributed by atoms with Crippen molar-refractivity contribution in [3.8, 4) is 0 Å². The summed E-state index contributed by atoms with van der Waals surface area (Å²) in [5.41, 5.74) is 7.43. The maximum Gasteiger partial charge on any atom is 0.277 e. The summed E-state index contributed by atoms with van der Waals surface area (Å²) in [6.07, 6.45) is 1.87. The molecule has 0 aromatic heterocycles. The first-order chi connectivity index (χ1) is 8.09. The summed E-state index contributed by atoms with van der Waals surface area (Å²) in [5.74, 6) is 0. The van der Waals surface area contributed by atoms with Gasteiger partial charge in [0.15, 0.2) is 0 Å². The highest BCUT2D eigenvalue weighted by molar-refractivity contribution is 7.87. The highest BCUT2D eigenvalue weighted by Gasteiger charge is 2.26. The monoisotopic (exact) mass is 255 g/mol. The third-order valence-corrected chi connectivity index (χ3v) is 3.76. The van der Waals surface area contributed by atoms with Crippen molar-refractivity contribution in [3.05, 3.63) is 35.4 Å². The maximum absolute atomic E-state index is 11.6. The Hall–Kier alpha value is -0.950. The van der Waals surface area contributed by atoms with E-state index in [0.717, 1.165) is 24.0 Å². The van der Waals surface area contributed by atoms with Crippen molar-refractivity contribution in [1.82, 2.24) is 9.44 Å². The molecular weight excluding hydrogens is 238 g/mol. The lowest BCUT2D eigenvalue weighted by atomic mass is 10.1. The Balaban J connectivity index is 1.91. The zero-order valence-corrected chi connectivity index (χ0v) is 10.3. The van der Waals surface area contributed by atoms with Crippen LogP contribution in [-0.2, 0) is 23.3 Å². The van der Waals surface area contributed by atoms with Crippen LogP contribution >= 0.6 is 0 Å². The largest absolute Gasteiger partial charge is 0.326 e. The molecule has 0 bridgehead atoms. The summed E-state index contributed by atoms with van der Waals surface area (Å²) >= 11 is 0. The first-order valence-electron chi connectivity index (χ1n) is 5.64. The Morgan fingerprint density at radius 1 is 1.29 bits per heavy atom. The summed E-state index contributed by atoms with van der Waals surface area (Å²) in [6, 6.07) is 7.70. The molecule has 1 aromatic rings. The Morgan fingerprint density at radius 3 is 2.65 bits per heavy atom. The molecule has 6 heteroatoms. The summed E-state index contributed by atoms with van der Waals surface area (Å²) in [7, 11) is -3.37. The van der Waals surface area contributed by atoms with E-state index in [1.54, 1.807) is 0 Å². The van der Waals surface area contributed by atoms with E-state index in [-0.39, 0.29) is 12.6 Å². The summed E-state index contributed by atoms with van der Waals surface area (Å²) in [5, 5.41) is 0. The van der Waals surface area contributed by atoms with E-state index in [0.29, 0.717) is 6.54 Å². The second kappa shape index (κ2) is 5.14. The molecule has 5 nitrogen and oxygen atoms in total. The molecule has 17 heavy (non-hydrogen) atoms. The molecule has 1 aromatic carbocycles. The van der Waals surface area contributed by atoms with Crippen LogP contribution in [0, 0.1) is 0 Å². The van der Waals surface area contributed by atoms with E-state index in [2.05, 4.69) is 9.44 Å². The summed E-state index contributed by atoms with van der Waals surface area (Å²) < 4.78 is 28.2. The fraction of sp³-hybridized carbons (Fsp3) is 0.455. The predicted molar refractivity (Wildman–Crippen MR) is 66.3 cm³/mol. The molecule has 0 saturated heterocycles. The van der Waals surface area contributed by atoms with Crippen LogP contribution in [-0.4, -0.2) is 14.5 Å². The molecule has 0 atom stereocenters. The van der Waals surface area contributed by atoms with Gasteiger partial charge in [0, 0.05) is 19.1 Å². The highest BCUT2D eigenvalue weighted by Crippen LogP contribution is 2.19. The third-order valence-electron chi connectivity index (χ3n) is 2.59. The van der Waals surface area contributed by atoms with Crippen LogP contribution in [0.25, 0.3) is 0 Å². The van der Waals surface area contributed by atoms with Crippen LogP contribution in [0.2, 0.25) is 0 Å². The Labute approximate surface area is 102 Å². The minimum atomic E-state index is -3.37. The van der Waals surface area contributed by atoms with Gasteiger partial charge in [-0.25, -0.2) is 0 Å². The summed E-state index contributed by atoms with van der Waals surface area (Å²) in [4.78, 5) is 0. The average molecular weight is 255 g/mol. The molecule has 1 aliphatic rings. The van der Waals surface area contributed by atoms with Gasteiger partial charge in [0.05, 0.1) is 0 Å². The molecule has 0 aliphatic heterocycles. The molecule has 0 spiro atoms. The smallest absolute Gasteiger partial charge is 0.277 e. The van der Waals surface area contributed by atoms with Gasteiger partial charge in [0.1, 0.15) is 0 Å². The normalized spacial score (nSPS) is 16.1. The van der Waals surface area contributed by atoms with Gasteiger partial charge in [0.2, 0.25) is 0 Å². The first kappa shape index (κ1) is 12.5. The second-order valence-electron chi connectivity index (χ2n) is 4.24. The van der Waals surface area contributed by atoms with Crippen LogP contribution in [0.5, 0.6) is 0 Å². The fourth-order valence-electron chi connectivity index (χ4n) is 1.51. The van der Waals surface area contributed by atoms with Gasteiger partial charge >= 0.3 is 0 Å². The van der Waals surface area contributed by atoms with Gasteiger partial charge in [-0.1, -0.05) is 24.3 Å². The maximum atomic E-state index is 11.6. The molecule has 2 rings (SSSR count). The molecule has 94 valence electrons.